The van der Waals surface area contributed by atoms with Crippen LogP contribution in [0.5, 0.6) is 0 Å². The molecule has 2 N–H and O–H groups in total. The van der Waals surface area contributed by atoms with E-state index >= 15 is 0 Å². The summed E-state index contributed by atoms with van der Waals surface area (Å²) in [5.74, 6) is 0. The highest BCUT2D eigenvalue weighted by Crippen LogP contribution is 2.22. The van der Waals surface area contributed by atoms with Gasteiger partial charge in [0.1, 0.15) is 0 Å². The number of hydrogen-bond acceptors (Lipinski definition) is 3. The minimum absolute atomic E-state index is 0.230. The maximum Gasteiger partial charge on any atom is 0.0947 e. The Morgan fingerprint density at radius 2 is 1.89 bits per heavy atom. The predicted octanol–water partition coefficient (Wildman–Crippen LogP) is 3.03. The second-order valence-electron chi connectivity index (χ2n) is 5.22. The Labute approximate surface area is 115 Å². The SMILES string of the molecule is Cc1cc(C)cc(C(CN)N(C)Cc2ccoc2)c1. The fourth-order valence-electron chi connectivity index (χ4n) is 2.55. The Hall–Kier alpha value is -1.58. The summed E-state index contributed by atoms with van der Waals surface area (Å²) in [7, 11) is 2.10. The van der Waals surface area contributed by atoms with Gasteiger partial charge in [-0.1, -0.05) is 29.3 Å². The lowest BCUT2D eigenvalue weighted by Gasteiger charge is -2.27. The van der Waals surface area contributed by atoms with Crippen molar-refractivity contribution in [1.82, 2.24) is 4.90 Å². The molecule has 0 fully saturated rings. The number of benzene rings is 1. The molecular weight excluding hydrogens is 236 g/mol. The Balaban J connectivity index is 2.18. The van der Waals surface area contributed by atoms with Crippen LogP contribution >= 0.6 is 0 Å². The Kier molecular flexibility index (Phi) is 4.40. The van der Waals surface area contributed by atoms with Crippen LogP contribution in [0.1, 0.15) is 28.3 Å². The number of likely N-dealkylation sites (N-methyl/N-ethyl adjacent to an activating group) is 1. The van der Waals surface area contributed by atoms with Crippen molar-refractivity contribution in [2.45, 2.75) is 26.4 Å². The molecular formula is C16H22N2O. The van der Waals surface area contributed by atoms with Crippen molar-refractivity contribution < 1.29 is 4.42 Å². The maximum atomic E-state index is 5.97. The quantitative estimate of drug-likeness (QED) is 0.896. The van der Waals surface area contributed by atoms with Crippen molar-refractivity contribution in [3.8, 4) is 0 Å². The first kappa shape index (κ1) is 13.8. The highest BCUT2D eigenvalue weighted by atomic mass is 16.3. The molecule has 1 unspecified atom stereocenters. The lowest BCUT2D eigenvalue weighted by Crippen LogP contribution is -2.30. The van der Waals surface area contributed by atoms with E-state index in [2.05, 4.69) is 44.0 Å². The Morgan fingerprint density at radius 3 is 2.42 bits per heavy atom. The highest BCUT2D eigenvalue weighted by molar-refractivity contribution is 5.31. The van der Waals surface area contributed by atoms with Crippen molar-refractivity contribution in [2.75, 3.05) is 13.6 Å². The molecule has 3 heteroatoms. The summed E-state index contributed by atoms with van der Waals surface area (Å²) >= 11 is 0. The zero-order valence-electron chi connectivity index (χ0n) is 11.9. The summed E-state index contributed by atoms with van der Waals surface area (Å²) < 4.78 is 5.11. The van der Waals surface area contributed by atoms with Gasteiger partial charge in [-0.3, -0.25) is 4.90 Å². The molecule has 1 atom stereocenters. The highest BCUT2D eigenvalue weighted by Gasteiger charge is 2.16. The molecule has 3 nitrogen and oxygen atoms in total. The molecule has 19 heavy (non-hydrogen) atoms. The molecule has 0 spiro atoms. The lowest BCUT2D eigenvalue weighted by atomic mass is 10.00. The van der Waals surface area contributed by atoms with Crippen molar-refractivity contribution in [3.05, 3.63) is 59.0 Å². The third-order valence-corrected chi connectivity index (χ3v) is 3.40. The van der Waals surface area contributed by atoms with Crippen LogP contribution in [0.15, 0.2) is 41.2 Å². The van der Waals surface area contributed by atoms with E-state index in [-0.39, 0.29) is 6.04 Å². The molecule has 0 bridgehead atoms. The molecule has 0 aliphatic rings. The first-order valence-electron chi connectivity index (χ1n) is 6.59. The van der Waals surface area contributed by atoms with Gasteiger partial charge in [0, 0.05) is 24.7 Å². The van der Waals surface area contributed by atoms with Gasteiger partial charge in [0.25, 0.3) is 0 Å². The summed E-state index contributed by atoms with van der Waals surface area (Å²) in [6.45, 7) is 5.70. The number of nitrogens with two attached hydrogens (primary N) is 1. The zero-order valence-corrected chi connectivity index (χ0v) is 11.9. The molecule has 0 saturated heterocycles. The van der Waals surface area contributed by atoms with Crippen molar-refractivity contribution >= 4 is 0 Å². The Bertz CT molecular complexity index is 499. The van der Waals surface area contributed by atoms with Gasteiger partial charge in [0.05, 0.1) is 12.5 Å². The fraction of sp³-hybridized carbons (Fsp3) is 0.375. The van der Waals surface area contributed by atoms with E-state index in [0.717, 1.165) is 6.54 Å². The number of rotatable bonds is 5. The molecule has 1 aromatic carbocycles. The van der Waals surface area contributed by atoms with Crippen LogP contribution in [-0.4, -0.2) is 18.5 Å². The number of nitrogens with zero attached hydrogens (tertiary/aromatic N) is 1. The van der Waals surface area contributed by atoms with Crippen LogP contribution in [0.3, 0.4) is 0 Å². The monoisotopic (exact) mass is 258 g/mol. The normalized spacial score (nSPS) is 12.9. The van der Waals surface area contributed by atoms with E-state index in [9.17, 15) is 0 Å². The molecule has 0 amide bonds. The van der Waals surface area contributed by atoms with E-state index in [4.69, 9.17) is 10.2 Å². The topological polar surface area (TPSA) is 42.4 Å². The van der Waals surface area contributed by atoms with Crippen LogP contribution in [0.25, 0.3) is 0 Å². The van der Waals surface area contributed by atoms with Gasteiger partial charge in [0.2, 0.25) is 0 Å². The molecule has 0 aliphatic heterocycles. The summed E-state index contributed by atoms with van der Waals surface area (Å²) in [6.07, 6.45) is 3.49. The smallest absolute Gasteiger partial charge is 0.0947 e. The van der Waals surface area contributed by atoms with Crippen molar-refractivity contribution in [1.29, 1.82) is 0 Å². The maximum absolute atomic E-state index is 5.97. The van der Waals surface area contributed by atoms with Crippen molar-refractivity contribution in [2.24, 2.45) is 5.73 Å². The standard InChI is InChI=1S/C16H22N2O/c1-12-6-13(2)8-15(7-12)16(9-17)18(3)10-14-4-5-19-11-14/h4-8,11,16H,9-10,17H2,1-3H3. The zero-order chi connectivity index (χ0) is 13.8. The van der Waals surface area contributed by atoms with E-state index < -0.39 is 0 Å². The summed E-state index contributed by atoms with van der Waals surface area (Å²) in [4.78, 5) is 2.26. The summed E-state index contributed by atoms with van der Waals surface area (Å²) in [5.41, 5.74) is 11.0. The van der Waals surface area contributed by atoms with Crippen LogP contribution in [0.4, 0.5) is 0 Å². The second kappa shape index (κ2) is 6.04. The van der Waals surface area contributed by atoms with Gasteiger partial charge in [-0.05, 0) is 32.5 Å². The lowest BCUT2D eigenvalue weighted by molar-refractivity contribution is 0.241. The van der Waals surface area contributed by atoms with Gasteiger partial charge in [-0.15, -0.1) is 0 Å². The minimum atomic E-state index is 0.230. The first-order valence-corrected chi connectivity index (χ1v) is 6.59. The van der Waals surface area contributed by atoms with Crippen LogP contribution in [-0.2, 0) is 6.54 Å². The van der Waals surface area contributed by atoms with Gasteiger partial charge in [-0.2, -0.15) is 0 Å². The number of furan rings is 1. The van der Waals surface area contributed by atoms with Crippen molar-refractivity contribution in [3.63, 3.8) is 0 Å². The Morgan fingerprint density at radius 1 is 1.21 bits per heavy atom. The molecule has 0 saturated carbocycles. The third kappa shape index (κ3) is 3.46. The largest absolute Gasteiger partial charge is 0.472 e. The molecule has 1 heterocycles. The first-order chi connectivity index (χ1) is 9.10. The van der Waals surface area contributed by atoms with Gasteiger partial charge >= 0.3 is 0 Å². The van der Waals surface area contributed by atoms with Gasteiger partial charge in [0.15, 0.2) is 0 Å². The number of hydrogen-bond donors (Lipinski definition) is 1. The van der Waals surface area contributed by atoms with E-state index in [1.165, 1.54) is 22.3 Å². The predicted molar refractivity (Wildman–Crippen MR) is 77.9 cm³/mol. The van der Waals surface area contributed by atoms with E-state index in [0.29, 0.717) is 6.54 Å². The van der Waals surface area contributed by atoms with Crippen LogP contribution < -0.4 is 5.73 Å². The molecule has 0 aliphatic carbocycles. The summed E-state index contributed by atoms with van der Waals surface area (Å²) in [6, 6.07) is 8.85. The van der Waals surface area contributed by atoms with E-state index in [1.54, 1.807) is 12.5 Å². The fourth-order valence-corrected chi connectivity index (χ4v) is 2.55. The van der Waals surface area contributed by atoms with Crippen LogP contribution in [0.2, 0.25) is 0 Å². The molecule has 0 radical (unpaired) electrons. The van der Waals surface area contributed by atoms with E-state index in [1.807, 2.05) is 6.07 Å². The second-order valence-corrected chi connectivity index (χ2v) is 5.22. The van der Waals surface area contributed by atoms with Gasteiger partial charge in [-0.25, -0.2) is 0 Å². The number of aryl methyl sites for hydroxylation is 2. The third-order valence-electron chi connectivity index (χ3n) is 3.40. The van der Waals surface area contributed by atoms with Gasteiger partial charge < -0.3 is 10.2 Å². The summed E-state index contributed by atoms with van der Waals surface area (Å²) in [5, 5.41) is 0. The minimum Gasteiger partial charge on any atom is -0.472 e. The molecule has 2 aromatic rings. The van der Waals surface area contributed by atoms with Crippen LogP contribution in [0, 0.1) is 13.8 Å². The molecule has 1 aromatic heterocycles. The molecule has 102 valence electrons. The average Bonchev–Trinajstić information content (AvgIpc) is 2.81. The molecule has 2 rings (SSSR count). The average molecular weight is 258 g/mol.